The zero-order valence-corrected chi connectivity index (χ0v) is 9.47. The van der Waals surface area contributed by atoms with Crippen molar-refractivity contribution in [2.75, 3.05) is 6.54 Å². The zero-order chi connectivity index (χ0) is 13.0. The second-order valence-electron chi connectivity index (χ2n) is 4.29. The molecule has 16 heavy (non-hydrogen) atoms. The Kier molecular flexibility index (Phi) is 5.25. The highest BCUT2D eigenvalue weighted by Gasteiger charge is 2.41. The van der Waals surface area contributed by atoms with E-state index in [1.54, 1.807) is 13.8 Å². The standard InChI is InChI=1S/C10H18F3NO2/c1-7(2)9(6-14,8(15)16)4-3-5-10(11,12)13/h7H,3-6,14H2,1-2H3,(H,15,16). The molecule has 0 fully saturated rings. The van der Waals surface area contributed by atoms with Gasteiger partial charge in [-0.3, -0.25) is 4.79 Å². The minimum atomic E-state index is -4.24. The number of aliphatic carboxylic acids is 1. The molecule has 3 nitrogen and oxygen atoms in total. The van der Waals surface area contributed by atoms with Crippen LogP contribution in [0.5, 0.6) is 0 Å². The van der Waals surface area contributed by atoms with Gasteiger partial charge in [-0.25, -0.2) is 0 Å². The molecule has 0 radical (unpaired) electrons. The Morgan fingerprint density at radius 3 is 2.06 bits per heavy atom. The van der Waals surface area contributed by atoms with Crippen LogP contribution in [-0.2, 0) is 4.79 Å². The summed E-state index contributed by atoms with van der Waals surface area (Å²) in [6.45, 7) is 3.18. The smallest absolute Gasteiger partial charge is 0.389 e. The molecule has 1 atom stereocenters. The summed E-state index contributed by atoms with van der Waals surface area (Å²) in [5.74, 6) is -1.41. The lowest BCUT2D eigenvalue weighted by Gasteiger charge is -2.32. The van der Waals surface area contributed by atoms with E-state index in [1.165, 1.54) is 0 Å². The van der Waals surface area contributed by atoms with E-state index in [9.17, 15) is 18.0 Å². The lowest BCUT2D eigenvalue weighted by molar-refractivity contribution is -0.155. The van der Waals surface area contributed by atoms with E-state index in [0.29, 0.717) is 0 Å². The molecule has 0 bridgehead atoms. The number of hydrogen-bond donors (Lipinski definition) is 2. The fourth-order valence-electron chi connectivity index (χ4n) is 1.67. The largest absolute Gasteiger partial charge is 0.481 e. The van der Waals surface area contributed by atoms with Crippen molar-refractivity contribution in [2.45, 2.75) is 39.3 Å². The number of carboxylic acids is 1. The quantitative estimate of drug-likeness (QED) is 0.750. The van der Waals surface area contributed by atoms with Gasteiger partial charge < -0.3 is 10.8 Å². The summed E-state index contributed by atoms with van der Waals surface area (Å²) in [6.07, 6.45) is -5.45. The van der Waals surface area contributed by atoms with Gasteiger partial charge in [0.15, 0.2) is 0 Å². The predicted octanol–water partition coefficient (Wildman–Crippen LogP) is 2.40. The molecule has 3 N–H and O–H groups in total. The molecule has 6 heteroatoms. The summed E-state index contributed by atoms with van der Waals surface area (Å²) in [6, 6.07) is 0. The van der Waals surface area contributed by atoms with E-state index in [-0.39, 0.29) is 25.3 Å². The first-order chi connectivity index (χ1) is 7.15. The first-order valence-electron chi connectivity index (χ1n) is 5.16. The molecule has 0 aliphatic carbocycles. The summed E-state index contributed by atoms with van der Waals surface area (Å²) in [5.41, 5.74) is 4.15. The number of halogens is 3. The highest BCUT2D eigenvalue weighted by atomic mass is 19.4. The maximum Gasteiger partial charge on any atom is 0.389 e. The second kappa shape index (κ2) is 5.52. The van der Waals surface area contributed by atoms with Gasteiger partial charge in [-0.05, 0) is 18.8 Å². The molecule has 0 amide bonds. The van der Waals surface area contributed by atoms with Gasteiger partial charge in [0.05, 0.1) is 5.41 Å². The van der Waals surface area contributed by atoms with E-state index >= 15 is 0 Å². The van der Waals surface area contributed by atoms with Gasteiger partial charge in [0, 0.05) is 13.0 Å². The van der Waals surface area contributed by atoms with Crippen molar-refractivity contribution in [3.05, 3.63) is 0 Å². The molecular weight excluding hydrogens is 223 g/mol. The number of carboxylic acid groups (broad SMARTS) is 1. The normalized spacial score (nSPS) is 16.2. The molecule has 1 unspecified atom stereocenters. The van der Waals surface area contributed by atoms with Crippen LogP contribution < -0.4 is 5.73 Å². The highest BCUT2D eigenvalue weighted by molar-refractivity contribution is 5.75. The zero-order valence-electron chi connectivity index (χ0n) is 9.47. The second-order valence-corrected chi connectivity index (χ2v) is 4.29. The molecule has 0 rings (SSSR count). The molecular formula is C10H18F3NO2. The van der Waals surface area contributed by atoms with E-state index in [1.807, 2.05) is 0 Å². The summed E-state index contributed by atoms with van der Waals surface area (Å²) < 4.78 is 35.9. The number of alkyl halides is 3. The Morgan fingerprint density at radius 1 is 1.31 bits per heavy atom. The van der Waals surface area contributed by atoms with Crippen LogP contribution in [0.4, 0.5) is 13.2 Å². The van der Waals surface area contributed by atoms with Crippen LogP contribution in [-0.4, -0.2) is 23.8 Å². The van der Waals surface area contributed by atoms with Gasteiger partial charge >= 0.3 is 12.1 Å². The first-order valence-corrected chi connectivity index (χ1v) is 5.16. The Hall–Kier alpha value is -0.780. The summed E-state index contributed by atoms with van der Waals surface area (Å²) >= 11 is 0. The molecule has 0 aliphatic rings. The van der Waals surface area contributed by atoms with Gasteiger partial charge in [0.25, 0.3) is 0 Å². The summed E-state index contributed by atoms with van der Waals surface area (Å²) in [5, 5.41) is 9.06. The Morgan fingerprint density at radius 2 is 1.81 bits per heavy atom. The third-order valence-electron chi connectivity index (χ3n) is 2.98. The van der Waals surface area contributed by atoms with Crippen molar-refractivity contribution in [3.63, 3.8) is 0 Å². The number of nitrogens with two attached hydrogens (primary N) is 1. The minimum Gasteiger partial charge on any atom is -0.481 e. The van der Waals surface area contributed by atoms with Crippen molar-refractivity contribution >= 4 is 5.97 Å². The van der Waals surface area contributed by atoms with Crippen LogP contribution >= 0.6 is 0 Å². The maximum atomic E-state index is 12.0. The van der Waals surface area contributed by atoms with Crippen LogP contribution in [0.2, 0.25) is 0 Å². The van der Waals surface area contributed by atoms with Crippen LogP contribution in [0, 0.1) is 11.3 Å². The number of carbonyl (C=O) groups is 1. The molecule has 0 spiro atoms. The van der Waals surface area contributed by atoms with Crippen molar-refractivity contribution in [3.8, 4) is 0 Å². The fourth-order valence-corrected chi connectivity index (χ4v) is 1.67. The Bertz CT molecular complexity index is 241. The van der Waals surface area contributed by atoms with Crippen molar-refractivity contribution in [1.29, 1.82) is 0 Å². The Balaban J connectivity index is 4.51. The lowest BCUT2D eigenvalue weighted by Crippen LogP contribution is -2.43. The van der Waals surface area contributed by atoms with Gasteiger partial charge in [0.2, 0.25) is 0 Å². The van der Waals surface area contributed by atoms with E-state index in [4.69, 9.17) is 10.8 Å². The van der Waals surface area contributed by atoms with E-state index < -0.39 is 24.0 Å². The number of rotatable bonds is 6. The molecule has 96 valence electrons. The average molecular weight is 241 g/mol. The van der Waals surface area contributed by atoms with Gasteiger partial charge in [-0.1, -0.05) is 13.8 Å². The van der Waals surface area contributed by atoms with Gasteiger partial charge in [0.1, 0.15) is 0 Å². The minimum absolute atomic E-state index is 0.0456. The number of hydrogen-bond acceptors (Lipinski definition) is 2. The molecule has 0 aromatic rings. The van der Waals surface area contributed by atoms with Crippen LogP contribution in [0.15, 0.2) is 0 Å². The average Bonchev–Trinajstić information content (AvgIpc) is 2.09. The highest BCUT2D eigenvalue weighted by Crippen LogP contribution is 2.34. The monoisotopic (exact) mass is 241 g/mol. The van der Waals surface area contributed by atoms with E-state index in [0.717, 1.165) is 0 Å². The molecule has 0 aromatic heterocycles. The van der Waals surface area contributed by atoms with Crippen molar-refractivity contribution < 1.29 is 23.1 Å². The van der Waals surface area contributed by atoms with Crippen LogP contribution in [0.25, 0.3) is 0 Å². The third kappa shape index (κ3) is 4.00. The maximum absolute atomic E-state index is 12.0. The summed E-state index contributed by atoms with van der Waals surface area (Å²) in [7, 11) is 0. The van der Waals surface area contributed by atoms with Crippen LogP contribution in [0.1, 0.15) is 33.1 Å². The van der Waals surface area contributed by atoms with Gasteiger partial charge in [-0.2, -0.15) is 13.2 Å². The molecule has 0 heterocycles. The SMILES string of the molecule is CC(C)C(CN)(CCCC(F)(F)F)C(=O)O. The van der Waals surface area contributed by atoms with Crippen molar-refractivity contribution in [2.24, 2.45) is 17.1 Å². The fraction of sp³-hybridized carbons (Fsp3) is 0.900. The first kappa shape index (κ1) is 15.2. The summed E-state index contributed by atoms with van der Waals surface area (Å²) in [4.78, 5) is 11.1. The topological polar surface area (TPSA) is 63.3 Å². The predicted molar refractivity (Wildman–Crippen MR) is 53.9 cm³/mol. The van der Waals surface area contributed by atoms with E-state index in [2.05, 4.69) is 0 Å². The molecule has 0 saturated carbocycles. The van der Waals surface area contributed by atoms with Crippen LogP contribution in [0.3, 0.4) is 0 Å². The molecule has 0 saturated heterocycles. The molecule has 0 aromatic carbocycles. The van der Waals surface area contributed by atoms with Crippen molar-refractivity contribution in [1.82, 2.24) is 0 Å². The molecule has 0 aliphatic heterocycles. The lowest BCUT2D eigenvalue weighted by atomic mass is 9.73. The Labute approximate surface area is 92.8 Å². The van der Waals surface area contributed by atoms with Gasteiger partial charge in [-0.15, -0.1) is 0 Å². The third-order valence-corrected chi connectivity index (χ3v) is 2.98.